The number of hydrogen-bond donors (Lipinski definition) is 2. The van der Waals surface area contributed by atoms with Gasteiger partial charge in [0.15, 0.2) is 0 Å². The van der Waals surface area contributed by atoms with Gasteiger partial charge in [0, 0.05) is 16.1 Å². The number of carbonyl (C=O) groups is 1. The van der Waals surface area contributed by atoms with Crippen molar-refractivity contribution in [2.45, 2.75) is 43.0 Å². The van der Waals surface area contributed by atoms with Crippen molar-refractivity contribution >= 4 is 33.4 Å². The summed E-state index contributed by atoms with van der Waals surface area (Å²) in [5.74, 6) is 0.0641. The fourth-order valence-electron chi connectivity index (χ4n) is 2.18. The summed E-state index contributed by atoms with van der Waals surface area (Å²) in [5.41, 5.74) is 1.04. The minimum atomic E-state index is -3.64. The van der Waals surface area contributed by atoms with Gasteiger partial charge in [-0.15, -0.1) is 11.8 Å². The van der Waals surface area contributed by atoms with Gasteiger partial charge in [0.2, 0.25) is 15.9 Å². The fourth-order valence-corrected chi connectivity index (χ4v) is 4.35. The number of hydrogen-bond acceptors (Lipinski definition) is 4. The highest BCUT2D eigenvalue weighted by atomic mass is 32.2. The van der Waals surface area contributed by atoms with Crippen LogP contribution in [0.15, 0.2) is 58.3 Å². The van der Waals surface area contributed by atoms with E-state index in [1.807, 2.05) is 31.2 Å². The Morgan fingerprint density at radius 3 is 2.35 bits per heavy atom. The molecule has 0 heterocycles. The molecular weight excluding hydrogens is 368 g/mol. The van der Waals surface area contributed by atoms with Gasteiger partial charge < -0.3 is 5.32 Å². The number of carbonyl (C=O) groups excluding carboxylic acids is 1. The minimum absolute atomic E-state index is 0.122. The molecule has 0 fully saturated rings. The molecule has 0 aromatic heterocycles. The number of sulfonamides is 1. The van der Waals surface area contributed by atoms with Crippen LogP contribution in [0, 0.1) is 6.92 Å². The lowest BCUT2D eigenvalue weighted by Gasteiger charge is -2.20. The zero-order valence-electron chi connectivity index (χ0n) is 15.4. The molecule has 0 atom stereocenters. The summed E-state index contributed by atoms with van der Waals surface area (Å²) in [6.45, 7) is 7.34. The summed E-state index contributed by atoms with van der Waals surface area (Å²) in [7, 11) is -3.64. The van der Waals surface area contributed by atoms with Crippen LogP contribution in [-0.4, -0.2) is 25.6 Å². The molecule has 2 aromatic carbocycles. The Bertz CT molecular complexity index is 870. The predicted octanol–water partition coefficient (Wildman–Crippen LogP) is 3.80. The molecule has 0 aliphatic rings. The summed E-state index contributed by atoms with van der Waals surface area (Å²) in [5, 5.41) is 2.75. The van der Waals surface area contributed by atoms with Crippen LogP contribution >= 0.6 is 11.8 Å². The molecular formula is C19H24N2O3S2. The number of aryl methyl sites for hydroxylation is 1. The van der Waals surface area contributed by atoms with Crippen LogP contribution in [0.4, 0.5) is 5.69 Å². The van der Waals surface area contributed by atoms with Crippen LogP contribution in [0.1, 0.15) is 26.3 Å². The van der Waals surface area contributed by atoms with E-state index in [0.29, 0.717) is 5.69 Å². The second-order valence-corrected chi connectivity index (χ2v) is 9.76. The molecule has 140 valence electrons. The first-order valence-electron chi connectivity index (χ1n) is 8.18. The van der Waals surface area contributed by atoms with Gasteiger partial charge in [-0.3, -0.25) is 4.79 Å². The van der Waals surface area contributed by atoms with Crippen molar-refractivity contribution in [1.29, 1.82) is 0 Å². The number of nitrogens with one attached hydrogen (secondary N) is 2. The smallest absolute Gasteiger partial charge is 0.241 e. The summed E-state index contributed by atoms with van der Waals surface area (Å²) < 4.78 is 27.4. The molecule has 0 aliphatic heterocycles. The average Bonchev–Trinajstić information content (AvgIpc) is 2.52. The van der Waals surface area contributed by atoms with Gasteiger partial charge in [-0.25, -0.2) is 13.1 Å². The Morgan fingerprint density at radius 2 is 1.73 bits per heavy atom. The van der Waals surface area contributed by atoms with Gasteiger partial charge in [-0.05, 0) is 58.0 Å². The first-order chi connectivity index (χ1) is 12.0. The molecule has 0 spiro atoms. The highest BCUT2D eigenvalue weighted by Gasteiger charge is 2.22. The van der Waals surface area contributed by atoms with Crippen molar-refractivity contribution < 1.29 is 13.2 Å². The summed E-state index contributed by atoms with van der Waals surface area (Å²) >= 11 is 1.43. The zero-order valence-corrected chi connectivity index (χ0v) is 17.0. The first-order valence-corrected chi connectivity index (χ1v) is 10.7. The first kappa shape index (κ1) is 20.5. The largest absolute Gasteiger partial charge is 0.325 e. The molecule has 0 bridgehead atoms. The molecule has 26 heavy (non-hydrogen) atoms. The van der Waals surface area contributed by atoms with Gasteiger partial charge >= 0.3 is 0 Å². The molecule has 5 nitrogen and oxygen atoms in total. The van der Waals surface area contributed by atoms with Crippen molar-refractivity contribution in [3.63, 3.8) is 0 Å². The summed E-state index contributed by atoms with van der Waals surface area (Å²) in [6, 6.07) is 14.2. The molecule has 0 saturated carbocycles. The van der Waals surface area contributed by atoms with Gasteiger partial charge in [0.05, 0.1) is 10.6 Å². The third kappa shape index (κ3) is 6.48. The molecule has 0 unspecified atom stereocenters. The normalized spacial score (nSPS) is 12.0. The van der Waals surface area contributed by atoms with Crippen molar-refractivity contribution in [2.75, 3.05) is 11.1 Å². The molecule has 2 rings (SSSR count). The lowest BCUT2D eigenvalue weighted by atomic mass is 10.1. The average molecular weight is 393 g/mol. The van der Waals surface area contributed by atoms with Gasteiger partial charge in [-0.2, -0.15) is 0 Å². The summed E-state index contributed by atoms with van der Waals surface area (Å²) in [4.78, 5) is 13.3. The number of rotatable bonds is 6. The van der Waals surface area contributed by atoms with Crippen LogP contribution in [0.3, 0.4) is 0 Å². The lowest BCUT2D eigenvalue weighted by molar-refractivity contribution is -0.113. The number of amides is 1. The summed E-state index contributed by atoms with van der Waals surface area (Å²) in [6.07, 6.45) is 0. The maximum absolute atomic E-state index is 12.4. The maximum atomic E-state index is 12.4. The predicted molar refractivity (Wildman–Crippen MR) is 107 cm³/mol. The second-order valence-electron chi connectivity index (χ2n) is 7.03. The Labute approximate surface area is 159 Å². The highest BCUT2D eigenvalue weighted by molar-refractivity contribution is 8.00. The molecule has 0 aliphatic carbocycles. The van der Waals surface area contributed by atoms with Gasteiger partial charge in [-0.1, -0.05) is 23.8 Å². The van der Waals surface area contributed by atoms with Crippen molar-refractivity contribution in [1.82, 2.24) is 4.72 Å². The van der Waals surface area contributed by atoms with Crippen molar-refractivity contribution in [3.05, 3.63) is 54.1 Å². The van der Waals surface area contributed by atoms with E-state index in [1.165, 1.54) is 29.5 Å². The maximum Gasteiger partial charge on any atom is 0.241 e. The van der Waals surface area contributed by atoms with E-state index in [9.17, 15) is 13.2 Å². The quantitative estimate of drug-likeness (QED) is 0.733. The van der Waals surface area contributed by atoms with E-state index in [1.54, 1.807) is 32.9 Å². The fraction of sp³-hybridized carbons (Fsp3) is 0.316. The van der Waals surface area contributed by atoms with E-state index in [0.717, 1.165) is 4.90 Å². The molecule has 2 aromatic rings. The monoisotopic (exact) mass is 392 g/mol. The molecule has 2 N–H and O–H groups in total. The highest BCUT2D eigenvalue weighted by Crippen LogP contribution is 2.20. The van der Waals surface area contributed by atoms with Gasteiger partial charge in [0.25, 0.3) is 0 Å². The molecule has 0 saturated heterocycles. The molecule has 7 heteroatoms. The SMILES string of the molecule is Cc1ccc(SCC(=O)Nc2cccc(S(=O)(=O)NC(C)(C)C)c2)cc1. The van der Waals surface area contributed by atoms with Crippen LogP contribution < -0.4 is 10.0 Å². The topological polar surface area (TPSA) is 75.3 Å². The third-order valence-electron chi connectivity index (χ3n) is 3.26. The van der Waals surface area contributed by atoms with E-state index >= 15 is 0 Å². The van der Waals surface area contributed by atoms with E-state index < -0.39 is 15.6 Å². The van der Waals surface area contributed by atoms with E-state index in [4.69, 9.17) is 0 Å². The van der Waals surface area contributed by atoms with Gasteiger partial charge in [0.1, 0.15) is 0 Å². The Kier molecular flexibility index (Phi) is 6.49. The molecule has 0 radical (unpaired) electrons. The van der Waals surface area contributed by atoms with Crippen LogP contribution in [0.25, 0.3) is 0 Å². The van der Waals surface area contributed by atoms with E-state index in [-0.39, 0.29) is 16.6 Å². The standard InChI is InChI=1S/C19H24N2O3S2/c1-14-8-10-16(11-9-14)25-13-18(22)20-15-6-5-7-17(12-15)26(23,24)21-19(2,3)4/h5-12,21H,13H2,1-4H3,(H,20,22). The third-order valence-corrected chi connectivity index (χ3v) is 6.03. The Balaban J connectivity index is 2.01. The van der Waals surface area contributed by atoms with Crippen LogP contribution in [-0.2, 0) is 14.8 Å². The van der Waals surface area contributed by atoms with E-state index in [2.05, 4.69) is 10.0 Å². The van der Waals surface area contributed by atoms with Crippen LogP contribution in [0.2, 0.25) is 0 Å². The second kappa shape index (κ2) is 8.24. The zero-order chi connectivity index (χ0) is 19.4. The van der Waals surface area contributed by atoms with Crippen LogP contribution in [0.5, 0.6) is 0 Å². The molecule has 1 amide bonds. The number of thioether (sulfide) groups is 1. The number of anilines is 1. The minimum Gasteiger partial charge on any atom is -0.325 e. The van der Waals surface area contributed by atoms with Crippen molar-refractivity contribution in [3.8, 4) is 0 Å². The Hall–Kier alpha value is -1.83. The van der Waals surface area contributed by atoms with Crippen molar-refractivity contribution in [2.24, 2.45) is 0 Å². The lowest BCUT2D eigenvalue weighted by Crippen LogP contribution is -2.40. The number of benzene rings is 2. The Morgan fingerprint density at radius 1 is 1.08 bits per heavy atom.